The number of nitrogens with zero attached hydrogens (tertiary/aromatic N) is 1. The van der Waals surface area contributed by atoms with Gasteiger partial charge in [0.2, 0.25) is 0 Å². The fourth-order valence-electron chi connectivity index (χ4n) is 2.36. The Balaban J connectivity index is 2.08. The number of rotatable bonds is 4. The van der Waals surface area contributed by atoms with E-state index in [9.17, 15) is 18.5 Å². The molecule has 3 aromatic rings. The van der Waals surface area contributed by atoms with Crippen molar-refractivity contribution >= 4 is 43.9 Å². The molecular weight excluding hydrogens is 354 g/mol. The van der Waals surface area contributed by atoms with E-state index in [0.717, 1.165) is 11.6 Å². The minimum atomic E-state index is -4.03. The summed E-state index contributed by atoms with van der Waals surface area (Å²) in [6.45, 7) is 1.46. The molecule has 0 spiro atoms. The number of sulfonamides is 1. The Morgan fingerprint density at radius 2 is 2.00 bits per heavy atom. The highest BCUT2D eigenvalue weighted by atomic mass is 35.5. The topological polar surface area (TPSA) is 105 Å². The zero-order valence-corrected chi connectivity index (χ0v) is 14.0. The van der Waals surface area contributed by atoms with E-state index in [1.807, 2.05) is 0 Å². The molecule has 2 aromatic carbocycles. The molecule has 0 radical (unpaired) electrons. The van der Waals surface area contributed by atoms with Gasteiger partial charge in [0.25, 0.3) is 15.7 Å². The summed E-state index contributed by atoms with van der Waals surface area (Å²) in [6, 6.07) is 9.04. The highest BCUT2D eigenvalue weighted by molar-refractivity contribution is 7.92. The number of aromatic nitrogens is 1. The maximum absolute atomic E-state index is 12.6. The summed E-state index contributed by atoms with van der Waals surface area (Å²) in [4.78, 5) is 13.1. The Labute approximate surface area is 142 Å². The highest BCUT2D eigenvalue weighted by Crippen LogP contribution is 2.31. The average molecular weight is 366 g/mol. The Morgan fingerprint density at radius 1 is 1.25 bits per heavy atom. The number of aromatic amines is 1. The van der Waals surface area contributed by atoms with Gasteiger partial charge in [0, 0.05) is 28.7 Å². The van der Waals surface area contributed by atoms with Crippen LogP contribution in [0.15, 0.2) is 47.5 Å². The highest BCUT2D eigenvalue weighted by Gasteiger charge is 2.23. The standard InChI is InChI=1S/C15H12ClN3O4S/c1-9-12(16)7-10(8-15(9)19(20)21)24(22,23)18-14-4-2-3-13-11(14)5-6-17-13/h2-8,17-18H,1H3. The summed E-state index contributed by atoms with van der Waals surface area (Å²) in [6.07, 6.45) is 1.69. The second-order valence-corrected chi connectivity index (χ2v) is 7.25. The lowest BCUT2D eigenvalue weighted by Crippen LogP contribution is -2.13. The van der Waals surface area contributed by atoms with Gasteiger partial charge >= 0.3 is 0 Å². The van der Waals surface area contributed by atoms with Crippen LogP contribution in [0.4, 0.5) is 11.4 Å². The van der Waals surface area contributed by atoms with Gasteiger partial charge in [-0.25, -0.2) is 8.42 Å². The first-order chi connectivity index (χ1) is 11.3. The van der Waals surface area contributed by atoms with Crippen molar-refractivity contribution in [3.8, 4) is 0 Å². The van der Waals surface area contributed by atoms with E-state index in [1.54, 1.807) is 30.5 Å². The van der Waals surface area contributed by atoms with Crippen molar-refractivity contribution in [1.29, 1.82) is 0 Å². The summed E-state index contributed by atoms with van der Waals surface area (Å²) < 4.78 is 27.7. The fourth-order valence-corrected chi connectivity index (χ4v) is 3.77. The quantitative estimate of drug-likeness (QED) is 0.541. The fraction of sp³-hybridized carbons (Fsp3) is 0.0667. The lowest BCUT2D eigenvalue weighted by atomic mass is 10.2. The molecule has 0 aliphatic heterocycles. The summed E-state index contributed by atoms with van der Waals surface area (Å²) in [7, 11) is -4.03. The zero-order valence-electron chi connectivity index (χ0n) is 12.4. The van der Waals surface area contributed by atoms with Crippen LogP contribution in [0.5, 0.6) is 0 Å². The van der Waals surface area contributed by atoms with Crippen molar-refractivity contribution in [2.75, 3.05) is 4.72 Å². The van der Waals surface area contributed by atoms with E-state index in [4.69, 9.17) is 11.6 Å². The molecule has 7 nitrogen and oxygen atoms in total. The van der Waals surface area contributed by atoms with Gasteiger partial charge in [0.15, 0.2) is 0 Å². The maximum Gasteiger partial charge on any atom is 0.275 e. The number of anilines is 1. The third-order valence-electron chi connectivity index (χ3n) is 3.64. The van der Waals surface area contributed by atoms with Gasteiger partial charge in [-0.2, -0.15) is 0 Å². The smallest absolute Gasteiger partial charge is 0.275 e. The summed E-state index contributed by atoms with van der Waals surface area (Å²) in [5.74, 6) is 0. The van der Waals surface area contributed by atoms with Crippen molar-refractivity contribution in [2.24, 2.45) is 0 Å². The number of hydrogen-bond donors (Lipinski definition) is 2. The van der Waals surface area contributed by atoms with Crippen LogP contribution in [0.1, 0.15) is 5.56 Å². The number of nitrogens with one attached hydrogen (secondary N) is 2. The molecule has 0 saturated heterocycles. The Kier molecular flexibility index (Phi) is 3.94. The van der Waals surface area contributed by atoms with Crippen LogP contribution in [0.3, 0.4) is 0 Å². The molecule has 2 N–H and O–H groups in total. The van der Waals surface area contributed by atoms with Crippen molar-refractivity contribution in [2.45, 2.75) is 11.8 Å². The van der Waals surface area contributed by atoms with Crippen molar-refractivity contribution < 1.29 is 13.3 Å². The van der Waals surface area contributed by atoms with E-state index in [2.05, 4.69) is 9.71 Å². The first-order valence-electron chi connectivity index (χ1n) is 6.83. The summed E-state index contributed by atoms with van der Waals surface area (Å²) in [5.41, 5.74) is 1.01. The predicted octanol–water partition coefficient (Wildman–Crippen LogP) is 3.84. The number of hydrogen-bond acceptors (Lipinski definition) is 4. The van der Waals surface area contributed by atoms with Crippen molar-refractivity contribution in [3.05, 3.63) is 63.3 Å². The molecule has 3 rings (SSSR count). The molecule has 9 heteroatoms. The van der Waals surface area contributed by atoms with E-state index >= 15 is 0 Å². The average Bonchev–Trinajstić information content (AvgIpc) is 2.98. The number of nitro benzene ring substituents is 1. The SMILES string of the molecule is Cc1c(Cl)cc(S(=O)(=O)Nc2cccc3[nH]ccc23)cc1[N+](=O)[O-]. The van der Waals surface area contributed by atoms with Gasteiger partial charge in [-0.1, -0.05) is 17.7 Å². The molecular formula is C15H12ClN3O4S. The van der Waals surface area contributed by atoms with Gasteiger partial charge in [0.1, 0.15) is 0 Å². The van der Waals surface area contributed by atoms with Gasteiger partial charge in [-0.05, 0) is 31.2 Å². The third kappa shape index (κ3) is 2.81. The molecule has 0 unspecified atom stereocenters. The molecule has 0 atom stereocenters. The Hall–Kier alpha value is -2.58. The first kappa shape index (κ1) is 16.3. The van der Waals surface area contributed by atoms with Gasteiger partial charge in [-0.3, -0.25) is 14.8 Å². The van der Waals surface area contributed by atoms with E-state index in [1.165, 1.54) is 13.0 Å². The summed E-state index contributed by atoms with van der Waals surface area (Å²) >= 11 is 5.95. The van der Waals surface area contributed by atoms with Crippen LogP contribution >= 0.6 is 11.6 Å². The lowest BCUT2D eigenvalue weighted by Gasteiger charge is -2.10. The van der Waals surface area contributed by atoms with E-state index in [-0.39, 0.29) is 21.2 Å². The molecule has 124 valence electrons. The van der Waals surface area contributed by atoms with Crippen LogP contribution in [0.25, 0.3) is 10.9 Å². The number of H-pyrrole nitrogens is 1. The van der Waals surface area contributed by atoms with E-state index < -0.39 is 14.9 Å². The van der Waals surface area contributed by atoms with Crippen LogP contribution in [0, 0.1) is 17.0 Å². The summed E-state index contributed by atoms with van der Waals surface area (Å²) in [5, 5.41) is 11.8. The number of fused-ring (bicyclic) bond motifs is 1. The Morgan fingerprint density at radius 3 is 2.71 bits per heavy atom. The molecule has 0 saturated carbocycles. The molecule has 0 bridgehead atoms. The Bertz CT molecular complexity index is 1060. The van der Waals surface area contributed by atoms with Gasteiger partial charge in [0.05, 0.1) is 20.5 Å². The molecule has 0 aliphatic carbocycles. The van der Waals surface area contributed by atoms with Gasteiger partial charge < -0.3 is 4.98 Å². The second-order valence-electron chi connectivity index (χ2n) is 5.16. The maximum atomic E-state index is 12.6. The monoisotopic (exact) mass is 365 g/mol. The van der Waals surface area contributed by atoms with Gasteiger partial charge in [-0.15, -0.1) is 0 Å². The first-order valence-corrected chi connectivity index (χ1v) is 8.69. The predicted molar refractivity (Wildman–Crippen MR) is 92.0 cm³/mol. The van der Waals surface area contributed by atoms with Crippen LogP contribution < -0.4 is 4.72 Å². The third-order valence-corrected chi connectivity index (χ3v) is 5.37. The lowest BCUT2D eigenvalue weighted by molar-refractivity contribution is -0.385. The molecule has 0 fully saturated rings. The normalized spacial score (nSPS) is 11.6. The zero-order chi connectivity index (χ0) is 17.5. The van der Waals surface area contributed by atoms with Crippen LogP contribution in [-0.4, -0.2) is 18.3 Å². The van der Waals surface area contributed by atoms with Crippen molar-refractivity contribution in [1.82, 2.24) is 4.98 Å². The van der Waals surface area contributed by atoms with Crippen molar-refractivity contribution in [3.63, 3.8) is 0 Å². The molecule has 0 amide bonds. The molecule has 24 heavy (non-hydrogen) atoms. The molecule has 0 aliphatic rings. The number of nitro groups is 1. The van der Waals surface area contributed by atoms with Crippen LogP contribution in [0.2, 0.25) is 5.02 Å². The minimum absolute atomic E-state index is 0.0180. The molecule has 1 heterocycles. The number of halogens is 1. The largest absolute Gasteiger partial charge is 0.361 e. The van der Waals surface area contributed by atoms with Crippen LogP contribution in [-0.2, 0) is 10.0 Å². The molecule has 1 aromatic heterocycles. The van der Waals surface area contributed by atoms with E-state index in [0.29, 0.717) is 11.1 Å². The second kappa shape index (κ2) is 5.81. The number of benzene rings is 2. The minimum Gasteiger partial charge on any atom is -0.361 e.